The molecule has 0 spiro atoms. The molecular formula is C14H26N4O2S. The normalized spacial score (nSPS) is 24.4. The van der Waals surface area contributed by atoms with E-state index in [1.807, 2.05) is 27.7 Å². The third-order valence-electron chi connectivity index (χ3n) is 4.22. The summed E-state index contributed by atoms with van der Waals surface area (Å²) in [5, 5.41) is 10.3. The first kappa shape index (κ1) is 16.5. The van der Waals surface area contributed by atoms with Gasteiger partial charge in [0.1, 0.15) is 0 Å². The zero-order valence-electron chi connectivity index (χ0n) is 13.3. The fourth-order valence-electron chi connectivity index (χ4n) is 3.07. The van der Waals surface area contributed by atoms with Gasteiger partial charge in [-0.05, 0) is 40.2 Å². The van der Waals surface area contributed by atoms with E-state index < -0.39 is 10.0 Å². The fraction of sp³-hybridized carbons (Fsp3) is 0.786. The van der Waals surface area contributed by atoms with Crippen molar-refractivity contribution in [2.24, 2.45) is 0 Å². The quantitative estimate of drug-likeness (QED) is 0.868. The van der Waals surface area contributed by atoms with E-state index in [0.29, 0.717) is 6.54 Å². The number of hydrogen-bond donors (Lipinski definition) is 2. The molecule has 1 aromatic heterocycles. The molecule has 6 nitrogen and oxygen atoms in total. The van der Waals surface area contributed by atoms with Gasteiger partial charge in [0.25, 0.3) is 10.0 Å². The van der Waals surface area contributed by atoms with Crippen LogP contribution in [0.5, 0.6) is 0 Å². The maximum Gasteiger partial charge on any atom is 0.263 e. The highest BCUT2D eigenvalue weighted by molar-refractivity contribution is 7.89. The molecule has 1 aliphatic rings. The predicted octanol–water partition coefficient (Wildman–Crippen LogP) is 1.78. The van der Waals surface area contributed by atoms with Crippen LogP contribution in [-0.2, 0) is 16.6 Å². The Morgan fingerprint density at radius 3 is 2.52 bits per heavy atom. The van der Waals surface area contributed by atoms with Crippen molar-refractivity contribution in [3.63, 3.8) is 0 Å². The molecule has 0 radical (unpaired) electrons. The van der Waals surface area contributed by atoms with E-state index in [4.69, 9.17) is 0 Å². The second-order valence-corrected chi connectivity index (χ2v) is 7.64. The predicted molar refractivity (Wildman–Crippen MR) is 82.5 cm³/mol. The number of sulfonamides is 1. The topological polar surface area (TPSA) is 78.1 Å². The summed E-state index contributed by atoms with van der Waals surface area (Å²) in [5.41, 5.74) is 1.56. The Balaban J connectivity index is 2.39. The second kappa shape index (κ2) is 6.46. The van der Waals surface area contributed by atoms with Crippen LogP contribution in [0.15, 0.2) is 5.03 Å². The lowest BCUT2D eigenvalue weighted by Gasteiger charge is -2.37. The maximum atomic E-state index is 13.0. The number of rotatable bonds is 5. The minimum atomic E-state index is -3.55. The molecule has 2 heterocycles. The number of H-pyrrole nitrogens is 1. The fourth-order valence-corrected chi connectivity index (χ4v) is 5.13. The van der Waals surface area contributed by atoms with E-state index in [-0.39, 0.29) is 17.1 Å². The van der Waals surface area contributed by atoms with Gasteiger partial charge >= 0.3 is 0 Å². The van der Waals surface area contributed by atoms with Gasteiger partial charge in [-0.2, -0.15) is 9.40 Å². The van der Waals surface area contributed by atoms with Crippen LogP contribution in [0, 0.1) is 6.92 Å². The molecule has 1 aromatic rings. The molecule has 21 heavy (non-hydrogen) atoms. The maximum absolute atomic E-state index is 13.0. The number of aromatic nitrogens is 2. The van der Waals surface area contributed by atoms with Crippen LogP contribution in [-0.4, -0.2) is 41.5 Å². The summed E-state index contributed by atoms with van der Waals surface area (Å²) in [4.78, 5) is 0. The lowest BCUT2D eigenvalue weighted by Crippen LogP contribution is -2.47. The zero-order chi connectivity index (χ0) is 15.6. The van der Waals surface area contributed by atoms with E-state index in [1.165, 1.54) is 0 Å². The van der Waals surface area contributed by atoms with E-state index in [2.05, 4.69) is 15.5 Å². The molecule has 1 aliphatic heterocycles. The lowest BCUT2D eigenvalue weighted by molar-refractivity contribution is 0.203. The van der Waals surface area contributed by atoms with Crippen molar-refractivity contribution in [1.82, 2.24) is 19.8 Å². The molecule has 0 aliphatic carbocycles. The molecule has 1 fully saturated rings. The van der Waals surface area contributed by atoms with Crippen LogP contribution in [0.25, 0.3) is 0 Å². The average Bonchev–Trinajstić information content (AvgIpc) is 2.78. The van der Waals surface area contributed by atoms with Gasteiger partial charge in [-0.15, -0.1) is 0 Å². The summed E-state index contributed by atoms with van der Waals surface area (Å²) in [6.07, 6.45) is 2.91. The number of hydrogen-bond acceptors (Lipinski definition) is 4. The number of nitrogens with zero attached hydrogens (tertiary/aromatic N) is 2. The number of aryl methyl sites for hydroxylation is 1. The molecule has 120 valence electrons. The van der Waals surface area contributed by atoms with E-state index >= 15 is 0 Å². The first-order valence-electron chi connectivity index (χ1n) is 7.67. The summed E-state index contributed by atoms with van der Waals surface area (Å²) in [6, 6.07) is 0.0606. The number of piperidine rings is 1. The number of aromatic amines is 1. The Bertz CT molecular complexity index is 572. The summed E-state index contributed by atoms with van der Waals surface area (Å²) in [6.45, 7) is 9.14. The first-order chi connectivity index (χ1) is 9.89. The van der Waals surface area contributed by atoms with Crippen molar-refractivity contribution in [2.75, 3.05) is 6.54 Å². The van der Waals surface area contributed by atoms with Gasteiger partial charge in [0.05, 0.1) is 0 Å². The van der Waals surface area contributed by atoms with Crippen LogP contribution < -0.4 is 5.32 Å². The van der Waals surface area contributed by atoms with E-state index in [0.717, 1.165) is 37.1 Å². The average molecular weight is 314 g/mol. The molecule has 7 heteroatoms. The Labute approximate surface area is 127 Å². The van der Waals surface area contributed by atoms with Gasteiger partial charge in [-0.1, -0.05) is 13.3 Å². The summed E-state index contributed by atoms with van der Waals surface area (Å²) >= 11 is 0. The SMILES string of the molecule is CCNCc1c(S(=O)(=O)N2[C@H](C)CCC[C@@H]2C)n[nH]c1C. The lowest BCUT2D eigenvalue weighted by atomic mass is 10.0. The molecule has 0 bridgehead atoms. The van der Waals surface area contributed by atoms with Crippen LogP contribution in [0.2, 0.25) is 0 Å². The molecule has 0 amide bonds. The Hall–Kier alpha value is -0.920. The van der Waals surface area contributed by atoms with Gasteiger partial charge in [0.2, 0.25) is 0 Å². The van der Waals surface area contributed by atoms with Crippen molar-refractivity contribution in [3.05, 3.63) is 11.3 Å². The highest BCUT2D eigenvalue weighted by Crippen LogP contribution is 2.30. The van der Waals surface area contributed by atoms with Crippen LogP contribution >= 0.6 is 0 Å². The Morgan fingerprint density at radius 2 is 1.95 bits per heavy atom. The summed E-state index contributed by atoms with van der Waals surface area (Å²) < 4.78 is 27.7. The third kappa shape index (κ3) is 3.14. The highest BCUT2D eigenvalue weighted by atomic mass is 32.2. The van der Waals surface area contributed by atoms with Crippen molar-refractivity contribution in [2.45, 2.75) is 70.6 Å². The number of nitrogens with one attached hydrogen (secondary N) is 2. The summed E-state index contributed by atoms with van der Waals surface area (Å²) in [7, 11) is -3.55. The van der Waals surface area contributed by atoms with Crippen molar-refractivity contribution in [1.29, 1.82) is 0 Å². The second-order valence-electron chi connectivity index (χ2n) is 5.88. The standard InChI is InChI=1S/C14H26N4O2S/c1-5-15-9-13-12(4)16-17-14(13)21(19,20)18-10(2)7-6-8-11(18)3/h10-11,15H,5-9H2,1-4H3,(H,16,17)/t10-,11+. The molecule has 0 unspecified atom stereocenters. The zero-order valence-corrected chi connectivity index (χ0v) is 14.1. The monoisotopic (exact) mass is 314 g/mol. The third-order valence-corrected chi connectivity index (χ3v) is 6.32. The van der Waals surface area contributed by atoms with Crippen LogP contribution in [0.3, 0.4) is 0 Å². The molecular weight excluding hydrogens is 288 g/mol. The summed E-state index contributed by atoms with van der Waals surface area (Å²) in [5.74, 6) is 0. The van der Waals surface area contributed by atoms with Gasteiger partial charge < -0.3 is 5.32 Å². The Morgan fingerprint density at radius 1 is 1.33 bits per heavy atom. The van der Waals surface area contributed by atoms with Gasteiger partial charge in [0.15, 0.2) is 5.03 Å². The van der Waals surface area contributed by atoms with E-state index in [1.54, 1.807) is 4.31 Å². The molecule has 2 N–H and O–H groups in total. The van der Waals surface area contributed by atoms with Crippen LogP contribution in [0.1, 0.15) is 51.3 Å². The van der Waals surface area contributed by atoms with Crippen molar-refractivity contribution in [3.8, 4) is 0 Å². The van der Waals surface area contributed by atoms with Gasteiger partial charge in [-0.3, -0.25) is 5.10 Å². The van der Waals surface area contributed by atoms with Crippen LogP contribution in [0.4, 0.5) is 0 Å². The van der Waals surface area contributed by atoms with Crippen molar-refractivity contribution >= 4 is 10.0 Å². The largest absolute Gasteiger partial charge is 0.313 e. The highest BCUT2D eigenvalue weighted by Gasteiger charge is 2.38. The smallest absolute Gasteiger partial charge is 0.263 e. The minimum Gasteiger partial charge on any atom is -0.313 e. The van der Waals surface area contributed by atoms with Crippen molar-refractivity contribution < 1.29 is 8.42 Å². The van der Waals surface area contributed by atoms with Gasteiger partial charge in [0, 0.05) is 29.9 Å². The minimum absolute atomic E-state index is 0.0303. The van der Waals surface area contributed by atoms with E-state index in [9.17, 15) is 8.42 Å². The molecule has 0 saturated carbocycles. The van der Waals surface area contributed by atoms with Gasteiger partial charge in [-0.25, -0.2) is 8.42 Å². The first-order valence-corrected chi connectivity index (χ1v) is 9.11. The molecule has 2 atom stereocenters. The Kier molecular flexibility index (Phi) is 5.06. The molecule has 1 saturated heterocycles. The molecule has 2 rings (SSSR count). The molecule has 0 aromatic carbocycles.